The molecule has 3 aromatic rings. The van der Waals surface area contributed by atoms with E-state index in [1.165, 1.54) is 10.6 Å². The van der Waals surface area contributed by atoms with Crippen molar-refractivity contribution in [1.29, 1.82) is 0 Å². The van der Waals surface area contributed by atoms with Crippen molar-refractivity contribution < 1.29 is 13.7 Å². The summed E-state index contributed by atoms with van der Waals surface area (Å²) in [6.07, 6.45) is 1.71. The molecule has 0 unspecified atom stereocenters. The SMILES string of the molecule is Cc1ccc(C)n1-c1nc2c(F)cc(B3OC(C)(C)C(C)(C)O3)cn2n1. The van der Waals surface area contributed by atoms with Gasteiger partial charge in [0.15, 0.2) is 11.5 Å². The molecule has 1 fully saturated rings. The average molecular weight is 356 g/mol. The van der Waals surface area contributed by atoms with E-state index < -0.39 is 24.1 Å². The van der Waals surface area contributed by atoms with E-state index >= 15 is 0 Å². The van der Waals surface area contributed by atoms with Crippen LogP contribution in [0.25, 0.3) is 11.6 Å². The summed E-state index contributed by atoms with van der Waals surface area (Å²) in [6.45, 7) is 11.8. The van der Waals surface area contributed by atoms with Crippen molar-refractivity contribution in [3.05, 3.63) is 41.6 Å². The largest absolute Gasteiger partial charge is 0.496 e. The highest BCUT2D eigenvalue weighted by molar-refractivity contribution is 6.62. The molecular formula is C18H22BFN4O2. The van der Waals surface area contributed by atoms with Crippen molar-refractivity contribution in [1.82, 2.24) is 19.2 Å². The number of fused-ring (bicyclic) bond motifs is 1. The van der Waals surface area contributed by atoms with Crippen molar-refractivity contribution >= 4 is 18.2 Å². The zero-order valence-corrected chi connectivity index (χ0v) is 15.9. The fourth-order valence-corrected chi connectivity index (χ4v) is 3.14. The van der Waals surface area contributed by atoms with Gasteiger partial charge in [0.25, 0.3) is 5.95 Å². The molecule has 3 aromatic heterocycles. The zero-order valence-electron chi connectivity index (χ0n) is 15.9. The van der Waals surface area contributed by atoms with Gasteiger partial charge in [-0.25, -0.2) is 8.91 Å². The molecule has 4 heterocycles. The minimum Gasteiger partial charge on any atom is -0.399 e. The highest BCUT2D eigenvalue weighted by atomic mass is 19.1. The highest BCUT2D eigenvalue weighted by Gasteiger charge is 2.52. The predicted molar refractivity (Wildman–Crippen MR) is 97.5 cm³/mol. The molecule has 0 N–H and O–H groups in total. The standard InChI is InChI=1S/C18H22BFN4O2/c1-11-7-8-12(2)24(11)16-21-15-14(20)9-13(10-23(15)22-16)19-25-17(3,4)18(5,6)26-19/h7-10H,1-6H3. The quantitative estimate of drug-likeness (QED) is 0.663. The van der Waals surface area contributed by atoms with Crippen molar-refractivity contribution in [2.24, 2.45) is 0 Å². The number of hydrogen-bond donors (Lipinski definition) is 0. The first kappa shape index (κ1) is 17.2. The number of aryl methyl sites for hydroxylation is 2. The molecule has 0 atom stereocenters. The summed E-state index contributed by atoms with van der Waals surface area (Å²) in [5, 5.41) is 4.46. The third-order valence-electron chi connectivity index (χ3n) is 5.40. The van der Waals surface area contributed by atoms with E-state index in [9.17, 15) is 4.39 Å². The molecular weight excluding hydrogens is 334 g/mol. The van der Waals surface area contributed by atoms with Gasteiger partial charge >= 0.3 is 7.12 Å². The fraction of sp³-hybridized carbons (Fsp3) is 0.444. The summed E-state index contributed by atoms with van der Waals surface area (Å²) in [5.41, 5.74) is 1.75. The maximum atomic E-state index is 14.7. The molecule has 8 heteroatoms. The summed E-state index contributed by atoms with van der Waals surface area (Å²) in [7, 11) is -0.651. The number of rotatable bonds is 2. The van der Waals surface area contributed by atoms with Crippen molar-refractivity contribution in [2.45, 2.75) is 52.7 Å². The molecule has 0 aromatic carbocycles. The van der Waals surface area contributed by atoms with Gasteiger partial charge < -0.3 is 9.31 Å². The smallest absolute Gasteiger partial charge is 0.399 e. The summed E-state index contributed by atoms with van der Waals surface area (Å²) in [6, 6.07) is 5.37. The first-order chi connectivity index (χ1) is 12.1. The Morgan fingerprint density at radius 1 is 1.04 bits per heavy atom. The van der Waals surface area contributed by atoms with Gasteiger partial charge in [0.1, 0.15) is 0 Å². The van der Waals surface area contributed by atoms with Crippen LogP contribution in [0.4, 0.5) is 4.39 Å². The lowest BCUT2D eigenvalue weighted by Gasteiger charge is -2.32. The molecule has 1 aliphatic rings. The van der Waals surface area contributed by atoms with Crippen LogP contribution < -0.4 is 5.46 Å². The van der Waals surface area contributed by atoms with Crippen molar-refractivity contribution in [2.75, 3.05) is 0 Å². The molecule has 0 radical (unpaired) electrons. The second kappa shape index (κ2) is 5.41. The van der Waals surface area contributed by atoms with E-state index in [1.54, 1.807) is 6.20 Å². The Morgan fingerprint density at radius 2 is 1.62 bits per heavy atom. The Bertz CT molecular complexity index is 973. The second-order valence-corrected chi connectivity index (χ2v) is 7.84. The van der Waals surface area contributed by atoms with Crippen LogP contribution in [-0.4, -0.2) is 37.5 Å². The van der Waals surface area contributed by atoms with E-state index in [-0.39, 0.29) is 5.65 Å². The Morgan fingerprint density at radius 3 is 2.19 bits per heavy atom. The molecule has 0 spiro atoms. The van der Waals surface area contributed by atoms with Crippen LogP contribution in [0.1, 0.15) is 39.1 Å². The minimum atomic E-state index is -0.651. The maximum Gasteiger partial charge on any atom is 0.496 e. The van der Waals surface area contributed by atoms with Gasteiger partial charge in [-0.1, -0.05) is 0 Å². The number of pyridine rings is 1. The Hall–Kier alpha value is -2.19. The number of halogens is 1. The van der Waals surface area contributed by atoms with Gasteiger partial charge in [0, 0.05) is 23.0 Å². The lowest BCUT2D eigenvalue weighted by molar-refractivity contribution is 0.00578. The molecule has 26 heavy (non-hydrogen) atoms. The molecule has 0 bridgehead atoms. The lowest BCUT2D eigenvalue weighted by Crippen LogP contribution is -2.41. The van der Waals surface area contributed by atoms with Crippen LogP contribution in [0.2, 0.25) is 0 Å². The average Bonchev–Trinajstić information content (AvgIpc) is 3.14. The molecule has 6 nitrogen and oxygen atoms in total. The second-order valence-electron chi connectivity index (χ2n) is 7.84. The fourth-order valence-electron chi connectivity index (χ4n) is 3.14. The third-order valence-corrected chi connectivity index (χ3v) is 5.40. The Labute approximate surface area is 152 Å². The van der Waals surface area contributed by atoms with Crippen LogP contribution in [0.3, 0.4) is 0 Å². The van der Waals surface area contributed by atoms with Gasteiger partial charge in [-0.3, -0.25) is 4.57 Å². The zero-order chi connectivity index (χ0) is 18.9. The summed E-state index contributed by atoms with van der Waals surface area (Å²) >= 11 is 0. The maximum absolute atomic E-state index is 14.7. The minimum absolute atomic E-state index is 0.174. The topological polar surface area (TPSA) is 53.6 Å². The van der Waals surface area contributed by atoms with Crippen LogP contribution in [-0.2, 0) is 9.31 Å². The highest BCUT2D eigenvalue weighted by Crippen LogP contribution is 2.36. The van der Waals surface area contributed by atoms with Gasteiger partial charge in [-0.15, -0.1) is 5.10 Å². The number of hydrogen-bond acceptors (Lipinski definition) is 4. The first-order valence-electron chi connectivity index (χ1n) is 8.66. The van der Waals surface area contributed by atoms with Crippen molar-refractivity contribution in [3.8, 4) is 5.95 Å². The van der Waals surface area contributed by atoms with Crippen LogP contribution >= 0.6 is 0 Å². The monoisotopic (exact) mass is 356 g/mol. The van der Waals surface area contributed by atoms with E-state index in [2.05, 4.69) is 10.1 Å². The molecule has 1 saturated heterocycles. The predicted octanol–water partition coefficient (Wildman–Crippen LogP) is 2.58. The summed E-state index contributed by atoms with van der Waals surface area (Å²) < 4.78 is 30.1. The van der Waals surface area contributed by atoms with Gasteiger partial charge in [0.05, 0.1) is 11.2 Å². The third kappa shape index (κ3) is 2.47. The van der Waals surface area contributed by atoms with E-state index in [4.69, 9.17) is 9.31 Å². The van der Waals surface area contributed by atoms with Crippen molar-refractivity contribution in [3.63, 3.8) is 0 Å². The summed E-state index contributed by atoms with van der Waals surface area (Å²) in [5.74, 6) is -0.0200. The molecule has 1 aliphatic heterocycles. The van der Waals surface area contributed by atoms with Gasteiger partial charge in [0.2, 0.25) is 0 Å². The van der Waals surface area contributed by atoms with Crippen LogP contribution in [0, 0.1) is 19.7 Å². The normalized spacial score (nSPS) is 18.8. The van der Waals surface area contributed by atoms with Crippen LogP contribution in [0.5, 0.6) is 0 Å². The van der Waals surface area contributed by atoms with Gasteiger partial charge in [-0.2, -0.15) is 4.98 Å². The van der Waals surface area contributed by atoms with E-state index in [0.29, 0.717) is 11.4 Å². The molecule has 4 rings (SSSR count). The summed E-state index contributed by atoms with van der Waals surface area (Å²) in [4.78, 5) is 4.36. The Kier molecular flexibility index (Phi) is 3.58. The number of nitrogens with zero attached hydrogens (tertiary/aromatic N) is 4. The molecule has 136 valence electrons. The molecule has 0 aliphatic carbocycles. The molecule has 0 saturated carbocycles. The Balaban J connectivity index is 1.78. The first-order valence-corrected chi connectivity index (χ1v) is 8.66. The van der Waals surface area contributed by atoms with E-state index in [1.807, 2.05) is 58.2 Å². The number of aromatic nitrogens is 4. The van der Waals surface area contributed by atoms with Crippen LogP contribution in [0.15, 0.2) is 24.4 Å². The van der Waals surface area contributed by atoms with Gasteiger partial charge in [-0.05, 0) is 59.7 Å². The molecule has 0 amide bonds. The lowest BCUT2D eigenvalue weighted by atomic mass is 9.80. The van der Waals surface area contributed by atoms with E-state index in [0.717, 1.165) is 11.4 Å².